The number of anilines is 1. The number of sulfonamides is 1. The van der Waals surface area contributed by atoms with E-state index >= 15 is 0 Å². The number of nitrogens with zero attached hydrogens (tertiary/aromatic N) is 1. The largest absolute Gasteiger partial charge is 0.497 e. The Kier molecular flexibility index (Phi) is 8.10. The summed E-state index contributed by atoms with van der Waals surface area (Å²) < 4.78 is 33.0. The summed E-state index contributed by atoms with van der Waals surface area (Å²) in [4.78, 5) is 26.7. The van der Waals surface area contributed by atoms with Gasteiger partial charge in [-0.1, -0.05) is 18.9 Å². The Morgan fingerprint density at radius 2 is 1.69 bits per heavy atom. The number of hydrogen-bond donors (Lipinski definition) is 2. The lowest BCUT2D eigenvalue weighted by Crippen LogP contribution is -2.35. The first-order valence-corrected chi connectivity index (χ1v) is 12.2. The summed E-state index contributed by atoms with van der Waals surface area (Å²) in [5.74, 6) is 0.225. The van der Waals surface area contributed by atoms with E-state index < -0.39 is 15.9 Å². The Morgan fingerprint density at radius 1 is 1.00 bits per heavy atom. The number of benzene rings is 2. The SMILES string of the molecule is COc1ccc(NS(=O)(=O)c2cccc(C(=O)NCCC(=O)N3CCCCCC3)c2)cc1. The monoisotopic (exact) mass is 459 g/mol. The van der Waals surface area contributed by atoms with E-state index in [-0.39, 0.29) is 29.3 Å². The second-order valence-electron chi connectivity index (χ2n) is 7.66. The zero-order valence-corrected chi connectivity index (χ0v) is 19.0. The summed E-state index contributed by atoms with van der Waals surface area (Å²) in [6, 6.07) is 12.3. The molecule has 0 aliphatic carbocycles. The highest BCUT2D eigenvalue weighted by molar-refractivity contribution is 7.92. The van der Waals surface area contributed by atoms with Crippen molar-refractivity contribution in [1.82, 2.24) is 10.2 Å². The van der Waals surface area contributed by atoms with Gasteiger partial charge in [-0.25, -0.2) is 8.42 Å². The van der Waals surface area contributed by atoms with E-state index in [2.05, 4.69) is 10.0 Å². The summed E-state index contributed by atoms with van der Waals surface area (Å²) >= 11 is 0. The van der Waals surface area contributed by atoms with Gasteiger partial charge in [-0.2, -0.15) is 0 Å². The van der Waals surface area contributed by atoms with E-state index in [1.54, 1.807) is 30.3 Å². The van der Waals surface area contributed by atoms with Crippen LogP contribution in [0.25, 0.3) is 0 Å². The molecular weight excluding hydrogens is 430 g/mol. The van der Waals surface area contributed by atoms with Gasteiger partial charge in [0.05, 0.1) is 12.0 Å². The maximum atomic E-state index is 12.7. The van der Waals surface area contributed by atoms with E-state index in [9.17, 15) is 18.0 Å². The summed E-state index contributed by atoms with van der Waals surface area (Å²) in [6.07, 6.45) is 4.55. The maximum Gasteiger partial charge on any atom is 0.261 e. The van der Waals surface area contributed by atoms with Crippen molar-refractivity contribution in [2.45, 2.75) is 37.0 Å². The molecule has 32 heavy (non-hydrogen) atoms. The van der Waals surface area contributed by atoms with Crippen molar-refractivity contribution in [1.29, 1.82) is 0 Å². The van der Waals surface area contributed by atoms with Gasteiger partial charge in [0.15, 0.2) is 0 Å². The number of hydrogen-bond acceptors (Lipinski definition) is 5. The second-order valence-corrected chi connectivity index (χ2v) is 9.35. The molecule has 0 unspecified atom stereocenters. The highest BCUT2D eigenvalue weighted by Crippen LogP contribution is 2.20. The molecule has 0 atom stereocenters. The zero-order valence-electron chi connectivity index (χ0n) is 18.2. The Hall–Kier alpha value is -3.07. The lowest BCUT2D eigenvalue weighted by molar-refractivity contribution is -0.131. The van der Waals surface area contributed by atoms with Crippen LogP contribution in [0.3, 0.4) is 0 Å². The predicted molar refractivity (Wildman–Crippen MR) is 122 cm³/mol. The van der Waals surface area contributed by atoms with E-state index in [1.807, 2.05) is 4.90 Å². The highest BCUT2D eigenvalue weighted by atomic mass is 32.2. The standard InChI is InChI=1S/C23H29N3O5S/c1-31-20-11-9-19(10-12-20)25-32(29,30)21-8-6-7-18(17-21)23(28)24-14-13-22(27)26-15-4-2-3-5-16-26/h6-12,17,25H,2-5,13-16H2,1H3,(H,24,28). The molecule has 2 N–H and O–H groups in total. The predicted octanol–water partition coefficient (Wildman–Crippen LogP) is 3.02. The average molecular weight is 460 g/mol. The number of carbonyl (C=O) groups is 2. The summed E-state index contributed by atoms with van der Waals surface area (Å²) in [5.41, 5.74) is 0.595. The van der Waals surface area contributed by atoms with Crippen molar-refractivity contribution >= 4 is 27.5 Å². The molecule has 0 radical (unpaired) electrons. The fourth-order valence-electron chi connectivity index (χ4n) is 3.54. The average Bonchev–Trinajstić information content (AvgIpc) is 3.09. The number of rotatable bonds is 8. The molecule has 1 aliphatic heterocycles. The van der Waals surface area contributed by atoms with Gasteiger partial charge in [0.1, 0.15) is 5.75 Å². The first-order chi connectivity index (χ1) is 15.4. The van der Waals surface area contributed by atoms with Crippen LogP contribution in [0.4, 0.5) is 5.69 Å². The molecule has 172 valence electrons. The van der Waals surface area contributed by atoms with Crippen LogP contribution in [0.1, 0.15) is 42.5 Å². The van der Waals surface area contributed by atoms with E-state index in [0.29, 0.717) is 11.4 Å². The summed E-state index contributed by atoms with van der Waals surface area (Å²) in [5, 5.41) is 2.71. The van der Waals surface area contributed by atoms with Crippen molar-refractivity contribution in [3.05, 3.63) is 54.1 Å². The van der Waals surface area contributed by atoms with Crippen molar-refractivity contribution in [2.75, 3.05) is 31.5 Å². The lowest BCUT2D eigenvalue weighted by atomic mass is 10.2. The second kappa shape index (κ2) is 11.0. The topological polar surface area (TPSA) is 105 Å². The maximum absolute atomic E-state index is 12.7. The van der Waals surface area contributed by atoms with Crippen LogP contribution in [0.15, 0.2) is 53.4 Å². The first-order valence-electron chi connectivity index (χ1n) is 10.7. The van der Waals surface area contributed by atoms with Crippen LogP contribution < -0.4 is 14.8 Å². The van der Waals surface area contributed by atoms with Crippen LogP contribution in [0.2, 0.25) is 0 Å². The molecule has 3 rings (SSSR count). The molecule has 2 aromatic rings. The molecule has 0 spiro atoms. The Labute approximate surface area is 189 Å². The molecule has 0 saturated carbocycles. The Bertz CT molecular complexity index is 1030. The van der Waals surface area contributed by atoms with Gasteiger partial charge in [-0.05, 0) is 55.3 Å². The third kappa shape index (κ3) is 6.46. The molecule has 2 amide bonds. The fourth-order valence-corrected chi connectivity index (χ4v) is 4.64. The molecule has 0 aromatic heterocycles. The number of carbonyl (C=O) groups excluding carboxylic acids is 2. The molecular formula is C23H29N3O5S. The minimum absolute atomic E-state index is 0.0263. The summed E-state index contributed by atoms with van der Waals surface area (Å²) in [6.45, 7) is 1.75. The van der Waals surface area contributed by atoms with Gasteiger partial charge in [-0.15, -0.1) is 0 Å². The van der Waals surface area contributed by atoms with Gasteiger partial charge in [-0.3, -0.25) is 14.3 Å². The van der Waals surface area contributed by atoms with Crippen molar-refractivity contribution in [3.63, 3.8) is 0 Å². The Morgan fingerprint density at radius 3 is 2.34 bits per heavy atom. The number of nitrogens with one attached hydrogen (secondary N) is 2. The Balaban J connectivity index is 1.57. The van der Waals surface area contributed by atoms with Gasteiger partial charge in [0, 0.05) is 37.3 Å². The normalized spacial score (nSPS) is 14.3. The van der Waals surface area contributed by atoms with Crippen LogP contribution in [0.5, 0.6) is 5.75 Å². The molecule has 1 aliphatic rings. The third-order valence-corrected chi connectivity index (χ3v) is 6.71. The zero-order chi connectivity index (χ0) is 23.0. The van der Waals surface area contributed by atoms with Gasteiger partial charge in [0.2, 0.25) is 5.91 Å². The molecule has 2 aromatic carbocycles. The minimum Gasteiger partial charge on any atom is -0.497 e. The van der Waals surface area contributed by atoms with Crippen LogP contribution >= 0.6 is 0 Å². The van der Waals surface area contributed by atoms with E-state index in [0.717, 1.165) is 38.8 Å². The first kappa shape index (κ1) is 23.6. The van der Waals surface area contributed by atoms with Crippen molar-refractivity contribution in [3.8, 4) is 5.75 Å². The quantitative estimate of drug-likeness (QED) is 0.631. The van der Waals surface area contributed by atoms with Gasteiger partial charge >= 0.3 is 0 Å². The molecule has 1 heterocycles. The summed E-state index contributed by atoms with van der Waals surface area (Å²) in [7, 11) is -2.34. The van der Waals surface area contributed by atoms with Crippen molar-refractivity contribution < 1.29 is 22.7 Å². The van der Waals surface area contributed by atoms with Gasteiger partial charge < -0.3 is 15.0 Å². The van der Waals surface area contributed by atoms with Crippen LogP contribution in [0, 0.1) is 0 Å². The van der Waals surface area contributed by atoms with Crippen LogP contribution in [-0.2, 0) is 14.8 Å². The third-order valence-electron chi connectivity index (χ3n) is 5.33. The molecule has 9 heteroatoms. The lowest BCUT2D eigenvalue weighted by Gasteiger charge is -2.20. The van der Waals surface area contributed by atoms with Gasteiger partial charge in [0.25, 0.3) is 15.9 Å². The molecule has 1 fully saturated rings. The smallest absolute Gasteiger partial charge is 0.261 e. The number of ether oxygens (including phenoxy) is 1. The van der Waals surface area contributed by atoms with E-state index in [1.165, 1.54) is 25.3 Å². The van der Waals surface area contributed by atoms with Crippen molar-refractivity contribution in [2.24, 2.45) is 0 Å². The number of amides is 2. The molecule has 1 saturated heterocycles. The number of methoxy groups -OCH3 is 1. The molecule has 0 bridgehead atoms. The minimum atomic E-state index is -3.87. The fraction of sp³-hybridized carbons (Fsp3) is 0.391. The number of likely N-dealkylation sites (tertiary alicyclic amines) is 1. The van der Waals surface area contributed by atoms with Crippen LogP contribution in [-0.4, -0.2) is 51.9 Å². The van der Waals surface area contributed by atoms with E-state index in [4.69, 9.17) is 4.74 Å². The molecule has 8 nitrogen and oxygen atoms in total. The highest BCUT2D eigenvalue weighted by Gasteiger charge is 2.18.